The van der Waals surface area contributed by atoms with Crippen LogP contribution in [0.15, 0.2) is 66.5 Å². The lowest BCUT2D eigenvalue weighted by atomic mass is 10.0. The van der Waals surface area contributed by atoms with Crippen molar-refractivity contribution in [3.63, 3.8) is 0 Å². The first-order valence-electron chi connectivity index (χ1n) is 14.6. The molecule has 0 radical (unpaired) electrons. The van der Waals surface area contributed by atoms with E-state index >= 15 is 0 Å². The number of hydrogen-bond acceptors (Lipinski definition) is 15. The van der Waals surface area contributed by atoms with Gasteiger partial charge in [-0.3, -0.25) is 24.6 Å². The number of carboxylic acid groups (broad SMARTS) is 2. The minimum atomic E-state index is -5.26. The topological polar surface area (TPSA) is 252 Å². The summed E-state index contributed by atoms with van der Waals surface area (Å²) in [5.41, 5.74) is -0.0315. The molecule has 1 fully saturated rings. The van der Waals surface area contributed by atoms with Gasteiger partial charge in [0.25, 0.3) is 5.91 Å². The summed E-state index contributed by atoms with van der Waals surface area (Å²) in [6.07, 6.45) is -5.81. The van der Waals surface area contributed by atoms with Gasteiger partial charge < -0.3 is 20.4 Å². The zero-order chi connectivity index (χ0) is 38.4. The van der Waals surface area contributed by atoms with Crippen molar-refractivity contribution >= 4 is 74.8 Å². The molecule has 4 N–H and O–H groups in total. The van der Waals surface area contributed by atoms with Crippen LogP contribution in [0.25, 0.3) is 0 Å². The van der Waals surface area contributed by atoms with Gasteiger partial charge in [0.05, 0.1) is 18.7 Å². The zero-order valence-corrected chi connectivity index (χ0v) is 29.1. The maximum absolute atomic E-state index is 13.2. The summed E-state index contributed by atoms with van der Waals surface area (Å²) in [6.45, 7) is -0.559. The molecule has 2 aromatic rings. The van der Waals surface area contributed by atoms with Crippen LogP contribution in [0.1, 0.15) is 12.0 Å². The molecule has 282 valence electrons. The number of tetrazole rings is 1. The molecule has 3 aliphatic rings. The lowest BCUT2D eigenvalue weighted by molar-refractivity contribution is -0.171. The zero-order valence-electron chi connectivity index (χ0n) is 26.6. The Bertz CT molecular complexity index is 1990. The fraction of sp³-hybridized carbons (Fsp3) is 0.333. The highest BCUT2D eigenvalue weighted by Crippen LogP contribution is 2.41. The van der Waals surface area contributed by atoms with Crippen molar-refractivity contribution in [2.75, 3.05) is 18.6 Å². The fourth-order valence-corrected chi connectivity index (χ4v) is 8.19. The average molecular weight is 805 g/mol. The number of benzene rings is 1. The molecule has 0 aliphatic carbocycles. The fourth-order valence-electron chi connectivity index (χ4n) is 4.63. The number of amidine groups is 1. The molecule has 1 saturated heterocycles. The Balaban J connectivity index is 1.23. The van der Waals surface area contributed by atoms with E-state index in [1.165, 1.54) is 17.5 Å². The van der Waals surface area contributed by atoms with Gasteiger partial charge in [-0.05, 0) is 33.7 Å². The van der Waals surface area contributed by atoms with Crippen LogP contribution < -0.4 is 10.6 Å². The van der Waals surface area contributed by atoms with Crippen LogP contribution in [0, 0.1) is 5.82 Å². The number of hydrogen-bond donors (Lipinski definition) is 4. The van der Waals surface area contributed by atoms with E-state index in [2.05, 4.69) is 40.4 Å². The summed E-state index contributed by atoms with van der Waals surface area (Å²) in [6, 6.07) is 3.95. The number of carbonyl (C=O) groups excluding carboxylic acids is 3. The number of halogens is 4. The van der Waals surface area contributed by atoms with E-state index in [4.69, 9.17) is 4.84 Å². The number of fused-ring (bicyclic) bond motifs is 1. The van der Waals surface area contributed by atoms with Crippen LogP contribution in [-0.4, -0.2) is 112 Å². The second-order valence-corrected chi connectivity index (χ2v) is 14.0. The number of β-lactam (4-membered cyclic amide) rings is 1. The summed E-state index contributed by atoms with van der Waals surface area (Å²) >= 11 is 2.14. The standard InChI is InChI=1S/C27H24F4N10O9S3/c1-49-36-16(22(44)45)7-40-26(35-37-38-40)52-10-13-9-51-21-18(20(43)41(21)19(13)23(46)47)33-17(42)6-15-11-53(25(32-15)34-24(48)27(29,30)31)39-50-8-12-2-4-14(28)5-3-12/h2-5,11,18,21H,6-10H2,1H3,(H,33,42)(H,44,45)(H,46,47)(H,32,34,48)/b36-16-. The maximum Gasteiger partial charge on any atom is 0.471 e. The van der Waals surface area contributed by atoms with E-state index in [1.807, 2.05) is 0 Å². The lowest BCUT2D eigenvalue weighted by Gasteiger charge is -2.49. The van der Waals surface area contributed by atoms with Gasteiger partial charge in [-0.2, -0.15) is 13.2 Å². The van der Waals surface area contributed by atoms with Crippen molar-refractivity contribution < 1.29 is 61.4 Å². The highest BCUT2D eigenvalue weighted by Gasteiger charge is 2.54. The van der Waals surface area contributed by atoms with Gasteiger partial charge in [-0.15, -0.1) is 16.9 Å². The van der Waals surface area contributed by atoms with Crippen LogP contribution in [0.4, 0.5) is 17.6 Å². The smallest absolute Gasteiger partial charge is 0.471 e. The van der Waals surface area contributed by atoms with E-state index in [0.717, 1.165) is 52.3 Å². The first-order valence-corrected chi connectivity index (χ1v) is 17.8. The molecular formula is C27H24F4N10O9S3. The van der Waals surface area contributed by atoms with Gasteiger partial charge in [0.15, 0.2) is 10.9 Å². The van der Waals surface area contributed by atoms with Gasteiger partial charge in [0.2, 0.25) is 11.1 Å². The highest BCUT2D eigenvalue weighted by atomic mass is 32.2. The van der Waals surface area contributed by atoms with Crippen LogP contribution in [0.2, 0.25) is 0 Å². The molecule has 3 aliphatic heterocycles. The number of carbonyl (C=O) groups is 5. The number of carboxylic acids is 2. The Kier molecular flexibility index (Phi) is 12.2. The summed E-state index contributed by atoms with van der Waals surface area (Å²) in [5.74, 6) is -7.05. The van der Waals surface area contributed by atoms with Gasteiger partial charge >= 0.3 is 24.0 Å². The van der Waals surface area contributed by atoms with Crippen molar-refractivity contribution in [1.82, 2.24) is 35.7 Å². The molecule has 53 heavy (non-hydrogen) atoms. The SMILES string of the molecule is CO/N=C(/Cn1nnnc1SCC1=C(C(=O)O)N2C(=O)C(NC(=O)CC3=C/S(=N\OCc4ccc(F)cc4)C(NC(=O)C(F)(F)F)=N3)C2SC1)C(=O)O. The normalized spacial score (nSPS) is 20.0. The molecule has 3 atom stereocenters. The minimum Gasteiger partial charge on any atom is -0.477 e. The molecule has 0 bridgehead atoms. The summed E-state index contributed by atoms with van der Waals surface area (Å²) in [5, 5.41) is 37.8. The van der Waals surface area contributed by atoms with E-state index in [0.29, 0.717) is 11.1 Å². The molecule has 19 nitrogen and oxygen atoms in total. The van der Waals surface area contributed by atoms with E-state index in [-0.39, 0.29) is 41.2 Å². The molecule has 4 heterocycles. The lowest BCUT2D eigenvalue weighted by Crippen LogP contribution is -2.70. The largest absolute Gasteiger partial charge is 0.477 e. The number of rotatable bonds is 14. The number of alkyl halides is 3. The average Bonchev–Trinajstić information content (AvgIpc) is 3.71. The van der Waals surface area contributed by atoms with Gasteiger partial charge in [0.1, 0.15) is 36.6 Å². The quantitative estimate of drug-likeness (QED) is 0.0683. The Morgan fingerprint density at radius 2 is 1.92 bits per heavy atom. The molecule has 5 rings (SSSR count). The number of aromatic nitrogens is 4. The molecule has 0 spiro atoms. The molecule has 3 unspecified atom stereocenters. The third kappa shape index (κ3) is 9.43. The van der Waals surface area contributed by atoms with Crippen molar-refractivity contribution in [2.45, 2.75) is 42.3 Å². The maximum atomic E-state index is 13.2. The van der Waals surface area contributed by atoms with E-state index in [9.17, 15) is 51.7 Å². The Morgan fingerprint density at radius 1 is 1.19 bits per heavy atom. The number of thioether (sulfide) groups is 2. The van der Waals surface area contributed by atoms with Crippen LogP contribution in [0.5, 0.6) is 0 Å². The van der Waals surface area contributed by atoms with Crippen molar-refractivity contribution in [3.05, 3.63) is 58.0 Å². The number of oxime groups is 1. The van der Waals surface area contributed by atoms with Crippen molar-refractivity contribution in [1.29, 1.82) is 0 Å². The minimum absolute atomic E-state index is 0.00760. The monoisotopic (exact) mass is 804 g/mol. The number of aliphatic imine (C=N–C) groups is 1. The first kappa shape index (κ1) is 39.0. The number of nitrogens with one attached hydrogen (secondary N) is 2. The second kappa shape index (κ2) is 16.6. The molecule has 1 aromatic carbocycles. The predicted octanol–water partition coefficient (Wildman–Crippen LogP) is 0.943. The van der Waals surface area contributed by atoms with Crippen LogP contribution >= 0.6 is 23.5 Å². The summed E-state index contributed by atoms with van der Waals surface area (Å²) in [7, 11) is -0.534. The predicted molar refractivity (Wildman–Crippen MR) is 176 cm³/mol. The third-order valence-corrected chi connectivity index (χ3v) is 10.7. The molecule has 3 amide bonds. The highest BCUT2D eigenvalue weighted by molar-refractivity contribution is 8.05. The van der Waals surface area contributed by atoms with Crippen molar-refractivity contribution in [3.8, 4) is 0 Å². The number of aliphatic carboxylic acids is 2. The van der Waals surface area contributed by atoms with Crippen LogP contribution in [0.3, 0.4) is 0 Å². The van der Waals surface area contributed by atoms with Crippen molar-refractivity contribution in [2.24, 2.45) is 14.7 Å². The third-order valence-electron chi connectivity index (χ3n) is 6.98. The van der Waals surface area contributed by atoms with E-state index < -0.39 is 81.1 Å². The van der Waals surface area contributed by atoms with E-state index in [1.54, 1.807) is 5.32 Å². The molecule has 26 heteroatoms. The van der Waals surface area contributed by atoms with Gasteiger partial charge in [-0.1, -0.05) is 33.6 Å². The molecule has 1 aromatic heterocycles. The Hall–Kier alpha value is -5.21. The number of amides is 3. The van der Waals surface area contributed by atoms with Crippen LogP contribution in [-0.2, 0) is 57.5 Å². The summed E-state index contributed by atoms with van der Waals surface area (Å²) < 4.78 is 57.0. The van der Waals surface area contributed by atoms with Gasteiger partial charge in [-0.25, -0.2) is 28.5 Å². The van der Waals surface area contributed by atoms with Gasteiger partial charge in [0, 0.05) is 27.6 Å². The first-order chi connectivity index (χ1) is 25.2. The molecule has 0 saturated carbocycles. The molecular weight excluding hydrogens is 781 g/mol. The number of nitrogens with zero attached hydrogens (tertiary/aromatic N) is 8. The Morgan fingerprint density at radius 3 is 2.58 bits per heavy atom. The Labute approximate surface area is 304 Å². The second-order valence-electron chi connectivity index (χ2n) is 10.6. The summed E-state index contributed by atoms with van der Waals surface area (Å²) in [4.78, 5) is 76.1.